The summed E-state index contributed by atoms with van der Waals surface area (Å²) in [6, 6.07) is 6.35. The number of ether oxygens (including phenoxy) is 1. The number of esters is 1. The highest BCUT2D eigenvalue weighted by atomic mass is 79.9. The number of halogens is 4. The summed E-state index contributed by atoms with van der Waals surface area (Å²) >= 11 is 9.28. The monoisotopic (exact) mass is 431 g/mol. The van der Waals surface area contributed by atoms with Crippen molar-refractivity contribution in [3.05, 3.63) is 68.7 Å². The molecule has 0 bridgehead atoms. The number of carbonyl (C=O) groups excluding carboxylic acids is 2. The van der Waals surface area contributed by atoms with E-state index in [-0.39, 0.29) is 12.0 Å². The number of carbonyl (C=O) groups is 2. The number of benzene rings is 2. The second kappa shape index (κ2) is 8.40. The number of methoxy groups -OCH3 is 1. The van der Waals surface area contributed by atoms with Crippen LogP contribution in [0.25, 0.3) is 0 Å². The molecule has 0 aliphatic rings. The van der Waals surface area contributed by atoms with Crippen molar-refractivity contribution in [3.63, 3.8) is 0 Å². The first-order valence-corrected chi connectivity index (χ1v) is 8.26. The van der Waals surface area contributed by atoms with Gasteiger partial charge in [-0.15, -0.1) is 0 Å². The molecule has 0 aliphatic heterocycles. The Labute approximate surface area is 156 Å². The van der Waals surface area contributed by atoms with Gasteiger partial charge in [-0.25, -0.2) is 13.6 Å². The van der Waals surface area contributed by atoms with E-state index >= 15 is 0 Å². The van der Waals surface area contributed by atoms with Crippen LogP contribution < -0.4 is 5.32 Å². The van der Waals surface area contributed by atoms with Gasteiger partial charge in [-0.1, -0.05) is 27.5 Å². The van der Waals surface area contributed by atoms with Crippen LogP contribution in [0.15, 0.2) is 40.9 Å². The lowest BCUT2D eigenvalue weighted by Gasteiger charge is -2.17. The van der Waals surface area contributed by atoms with Crippen molar-refractivity contribution < 1.29 is 23.1 Å². The Bertz CT molecular complexity index is 796. The van der Waals surface area contributed by atoms with E-state index in [4.69, 9.17) is 11.6 Å². The Hall–Kier alpha value is -1.99. The lowest BCUT2D eigenvalue weighted by Crippen LogP contribution is -2.43. The van der Waals surface area contributed by atoms with Gasteiger partial charge in [-0.05, 0) is 35.9 Å². The van der Waals surface area contributed by atoms with Crippen LogP contribution in [0.2, 0.25) is 5.02 Å². The predicted molar refractivity (Wildman–Crippen MR) is 92.5 cm³/mol. The quantitative estimate of drug-likeness (QED) is 0.729. The summed E-state index contributed by atoms with van der Waals surface area (Å²) in [6.45, 7) is 0. The van der Waals surface area contributed by atoms with Crippen molar-refractivity contribution in [3.8, 4) is 0 Å². The highest BCUT2D eigenvalue weighted by Gasteiger charge is 2.24. The third-order valence-electron chi connectivity index (χ3n) is 3.35. The van der Waals surface area contributed by atoms with Gasteiger partial charge < -0.3 is 10.1 Å². The van der Waals surface area contributed by atoms with Crippen molar-refractivity contribution in [1.82, 2.24) is 5.32 Å². The van der Waals surface area contributed by atoms with Crippen LogP contribution in [0.5, 0.6) is 0 Å². The molecule has 2 rings (SSSR count). The second-order valence-electron chi connectivity index (χ2n) is 5.15. The molecule has 2 aromatic carbocycles. The standard InChI is InChI=1S/C17H13BrClF2NO3/c1-25-17(24)15(7-9-4-11(19)2-3-14(9)18)22-16(23)10-5-12(20)8-13(21)6-10/h2-6,8,15H,7H2,1H3,(H,22,23)/t15-/m1/s1. The van der Waals surface area contributed by atoms with Crippen molar-refractivity contribution in [2.75, 3.05) is 7.11 Å². The number of rotatable bonds is 5. The zero-order chi connectivity index (χ0) is 18.6. The Kier molecular flexibility index (Phi) is 6.50. The lowest BCUT2D eigenvalue weighted by molar-refractivity contribution is -0.142. The van der Waals surface area contributed by atoms with E-state index in [0.29, 0.717) is 21.1 Å². The van der Waals surface area contributed by atoms with Crippen LogP contribution >= 0.6 is 27.5 Å². The van der Waals surface area contributed by atoms with Crippen molar-refractivity contribution in [1.29, 1.82) is 0 Å². The molecule has 0 spiro atoms. The first-order chi connectivity index (χ1) is 11.8. The SMILES string of the molecule is COC(=O)[C@@H](Cc1cc(Cl)ccc1Br)NC(=O)c1cc(F)cc(F)c1. The summed E-state index contributed by atoms with van der Waals surface area (Å²) in [6.07, 6.45) is 0.0807. The summed E-state index contributed by atoms with van der Waals surface area (Å²) in [5.74, 6) is -3.28. The fourth-order valence-corrected chi connectivity index (χ4v) is 2.78. The fourth-order valence-electron chi connectivity index (χ4n) is 2.18. The topological polar surface area (TPSA) is 55.4 Å². The van der Waals surface area contributed by atoms with Gasteiger partial charge in [0.2, 0.25) is 0 Å². The van der Waals surface area contributed by atoms with Crippen LogP contribution in [-0.2, 0) is 16.0 Å². The number of nitrogens with one attached hydrogen (secondary N) is 1. The molecule has 4 nitrogen and oxygen atoms in total. The number of amides is 1. The third kappa shape index (κ3) is 5.24. The zero-order valence-electron chi connectivity index (χ0n) is 13.0. The molecule has 1 amide bonds. The molecule has 0 unspecified atom stereocenters. The lowest BCUT2D eigenvalue weighted by atomic mass is 10.1. The molecule has 0 saturated heterocycles. The average molecular weight is 433 g/mol. The normalized spacial score (nSPS) is 11.7. The molecule has 2 aromatic rings. The Morgan fingerprint density at radius 3 is 2.44 bits per heavy atom. The Morgan fingerprint density at radius 2 is 1.84 bits per heavy atom. The molecule has 1 N–H and O–H groups in total. The molecule has 25 heavy (non-hydrogen) atoms. The zero-order valence-corrected chi connectivity index (χ0v) is 15.3. The van der Waals surface area contributed by atoms with E-state index in [9.17, 15) is 18.4 Å². The molecule has 132 valence electrons. The smallest absolute Gasteiger partial charge is 0.328 e. The van der Waals surface area contributed by atoms with Gasteiger partial charge in [-0.3, -0.25) is 4.79 Å². The summed E-state index contributed by atoms with van der Waals surface area (Å²) in [5.41, 5.74) is 0.421. The van der Waals surface area contributed by atoms with Crippen molar-refractivity contribution in [2.45, 2.75) is 12.5 Å². The maximum absolute atomic E-state index is 13.3. The molecule has 0 fully saturated rings. The van der Waals surface area contributed by atoms with Gasteiger partial charge >= 0.3 is 5.97 Å². The predicted octanol–water partition coefficient (Wildman–Crippen LogP) is 3.89. The first-order valence-electron chi connectivity index (χ1n) is 7.09. The minimum Gasteiger partial charge on any atom is -0.467 e. The van der Waals surface area contributed by atoms with Crippen molar-refractivity contribution in [2.24, 2.45) is 0 Å². The van der Waals surface area contributed by atoms with Crippen LogP contribution in [0, 0.1) is 11.6 Å². The minimum atomic E-state index is -1.06. The Balaban J connectivity index is 2.24. The van der Waals surface area contributed by atoms with E-state index in [2.05, 4.69) is 26.0 Å². The van der Waals surface area contributed by atoms with Crippen LogP contribution in [0.3, 0.4) is 0 Å². The molecule has 1 atom stereocenters. The summed E-state index contributed by atoms with van der Waals surface area (Å²) in [4.78, 5) is 24.2. The maximum atomic E-state index is 13.3. The second-order valence-corrected chi connectivity index (χ2v) is 6.44. The van der Waals surface area contributed by atoms with Gasteiger partial charge in [-0.2, -0.15) is 0 Å². The molecule has 0 radical (unpaired) electrons. The highest BCUT2D eigenvalue weighted by molar-refractivity contribution is 9.10. The Morgan fingerprint density at radius 1 is 1.20 bits per heavy atom. The largest absolute Gasteiger partial charge is 0.467 e. The first kappa shape index (κ1) is 19.3. The van der Waals surface area contributed by atoms with Gasteiger partial charge in [0.05, 0.1) is 7.11 Å². The van der Waals surface area contributed by atoms with Crippen LogP contribution in [0.1, 0.15) is 15.9 Å². The molecule has 0 aliphatic carbocycles. The molecule has 0 heterocycles. The molecular formula is C17H13BrClF2NO3. The van der Waals surface area contributed by atoms with E-state index in [1.807, 2.05) is 0 Å². The van der Waals surface area contributed by atoms with Gasteiger partial charge in [0.25, 0.3) is 5.91 Å². The van der Waals surface area contributed by atoms with Crippen molar-refractivity contribution >= 4 is 39.4 Å². The van der Waals surface area contributed by atoms with E-state index in [0.717, 1.165) is 12.1 Å². The number of hydrogen-bond acceptors (Lipinski definition) is 3. The highest BCUT2D eigenvalue weighted by Crippen LogP contribution is 2.23. The fraction of sp³-hybridized carbons (Fsp3) is 0.176. The van der Waals surface area contributed by atoms with Crippen LogP contribution in [0.4, 0.5) is 8.78 Å². The molecule has 8 heteroatoms. The molecule has 0 aromatic heterocycles. The van der Waals surface area contributed by atoms with E-state index in [1.54, 1.807) is 18.2 Å². The van der Waals surface area contributed by atoms with E-state index in [1.165, 1.54) is 7.11 Å². The van der Waals surface area contributed by atoms with Gasteiger partial charge in [0.15, 0.2) is 0 Å². The minimum absolute atomic E-state index is 0.0807. The summed E-state index contributed by atoms with van der Waals surface area (Å²) in [7, 11) is 1.18. The summed E-state index contributed by atoms with van der Waals surface area (Å²) in [5, 5.41) is 2.88. The van der Waals surface area contributed by atoms with Crippen LogP contribution in [-0.4, -0.2) is 25.0 Å². The number of hydrogen-bond donors (Lipinski definition) is 1. The molecule has 0 saturated carbocycles. The average Bonchev–Trinajstić information content (AvgIpc) is 2.55. The summed E-state index contributed by atoms with van der Waals surface area (Å²) < 4.78 is 31.9. The maximum Gasteiger partial charge on any atom is 0.328 e. The third-order valence-corrected chi connectivity index (χ3v) is 4.36. The molecular weight excluding hydrogens is 420 g/mol. The van der Waals surface area contributed by atoms with E-state index < -0.39 is 29.6 Å². The van der Waals surface area contributed by atoms with Gasteiger partial charge in [0.1, 0.15) is 17.7 Å². The van der Waals surface area contributed by atoms with Gasteiger partial charge in [0, 0.05) is 27.5 Å².